The minimum Gasteiger partial charge on any atom is -0.456 e. The zero-order valence-corrected chi connectivity index (χ0v) is 40.2. The van der Waals surface area contributed by atoms with Crippen molar-refractivity contribution in [3.05, 3.63) is 230 Å². The Morgan fingerprint density at radius 3 is 1.37 bits per heavy atom. The van der Waals surface area contributed by atoms with Crippen molar-refractivity contribution in [2.45, 2.75) is 0 Å². The van der Waals surface area contributed by atoms with E-state index in [4.69, 9.17) is 17.7 Å². The molecule has 16 aromatic rings. The van der Waals surface area contributed by atoms with Crippen molar-refractivity contribution < 1.29 is 17.7 Å². The van der Waals surface area contributed by atoms with Gasteiger partial charge in [0.2, 0.25) is 0 Å². The molecule has 8 heteroatoms. The van der Waals surface area contributed by atoms with Crippen molar-refractivity contribution in [3.63, 3.8) is 0 Å². The topological polar surface area (TPSA) is 108 Å². The molecule has 0 spiro atoms. The SMILES string of the molecule is N#Cc1cc(-n2c3ccc(-c4ccc5oc6ccccc6c5c4)cc3c3c4oc5ccccc5c4ccc32)cc(C#N)c1N(c1ccc(-c2ccc3oc4ccccc4c3c2)cc1)c1ccc2c(c1)oc1ccccc12. The van der Waals surface area contributed by atoms with Crippen LogP contribution >= 0.6 is 0 Å². The Kier molecular flexibility index (Phi) is 8.71. The third-order valence-corrected chi connectivity index (χ3v) is 15.3. The van der Waals surface area contributed by atoms with Crippen molar-refractivity contribution in [1.29, 1.82) is 10.5 Å². The van der Waals surface area contributed by atoms with E-state index in [0.717, 1.165) is 138 Å². The van der Waals surface area contributed by atoms with Gasteiger partial charge in [0.1, 0.15) is 56.8 Å². The summed E-state index contributed by atoms with van der Waals surface area (Å²) >= 11 is 0. The predicted octanol–water partition coefficient (Wildman–Crippen LogP) is 18.9. The molecule has 0 aliphatic rings. The Labute approximate surface area is 431 Å². The second kappa shape index (κ2) is 15.8. The monoisotopic (exact) mass is 972 g/mol. The predicted molar refractivity (Wildman–Crippen MR) is 305 cm³/mol. The van der Waals surface area contributed by atoms with E-state index in [1.807, 2.05) is 126 Å². The Balaban J connectivity index is 0.894. The smallest absolute Gasteiger partial charge is 0.145 e. The Morgan fingerprint density at radius 1 is 0.329 bits per heavy atom. The van der Waals surface area contributed by atoms with Gasteiger partial charge in [-0.3, -0.25) is 0 Å². The third kappa shape index (κ3) is 6.10. The molecule has 0 amide bonds. The largest absolute Gasteiger partial charge is 0.456 e. The lowest BCUT2D eigenvalue weighted by Gasteiger charge is -2.28. The number of rotatable bonds is 6. The van der Waals surface area contributed by atoms with Gasteiger partial charge in [0.25, 0.3) is 0 Å². The summed E-state index contributed by atoms with van der Waals surface area (Å²) < 4.78 is 27.7. The molecule has 0 bridgehead atoms. The number of benzene rings is 11. The van der Waals surface area contributed by atoms with Crippen molar-refractivity contribution >= 4 is 127 Å². The molecule has 11 aromatic carbocycles. The quantitative estimate of drug-likeness (QED) is 0.163. The van der Waals surface area contributed by atoms with E-state index in [1.54, 1.807) is 0 Å². The van der Waals surface area contributed by atoms with Gasteiger partial charge in [0.05, 0.1) is 33.2 Å². The van der Waals surface area contributed by atoms with E-state index < -0.39 is 0 Å². The Hall–Kier alpha value is -10.8. The molecule has 5 aromatic heterocycles. The van der Waals surface area contributed by atoms with E-state index in [9.17, 15) is 10.5 Å². The van der Waals surface area contributed by atoms with Gasteiger partial charge in [-0.15, -0.1) is 0 Å². The van der Waals surface area contributed by atoms with Crippen LogP contribution in [0.5, 0.6) is 0 Å². The Bertz CT molecular complexity index is 5190. The third-order valence-electron chi connectivity index (χ3n) is 15.3. The summed E-state index contributed by atoms with van der Waals surface area (Å²) in [4.78, 5) is 2.00. The van der Waals surface area contributed by atoms with Crippen LogP contribution in [0.15, 0.2) is 236 Å². The fraction of sp³-hybridized carbons (Fsp3) is 0. The molecule has 0 atom stereocenters. The van der Waals surface area contributed by atoms with Crippen LogP contribution in [0.4, 0.5) is 17.1 Å². The first-order valence-corrected chi connectivity index (χ1v) is 25.1. The zero-order chi connectivity index (χ0) is 50.2. The lowest BCUT2D eigenvalue weighted by Crippen LogP contribution is -2.14. The molecule has 0 N–H and O–H groups in total. The van der Waals surface area contributed by atoms with Crippen LogP contribution in [0.1, 0.15) is 11.1 Å². The summed E-state index contributed by atoms with van der Waals surface area (Å²) in [7, 11) is 0. The van der Waals surface area contributed by atoms with E-state index in [2.05, 4.69) is 114 Å². The minimum absolute atomic E-state index is 0.317. The summed E-state index contributed by atoms with van der Waals surface area (Å²) in [5, 5.41) is 32.9. The van der Waals surface area contributed by atoms with Crippen molar-refractivity contribution in [1.82, 2.24) is 4.57 Å². The molecule has 0 unspecified atom stereocenters. The molecule has 5 heterocycles. The van der Waals surface area contributed by atoms with Crippen LogP contribution in [0.25, 0.3) is 138 Å². The van der Waals surface area contributed by atoms with Crippen LogP contribution < -0.4 is 4.90 Å². The van der Waals surface area contributed by atoms with E-state index >= 15 is 0 Å². The zero-order valence-electron chi connectivity index (χ0n) is 40.2. The van der Waals surface area contributed by atoms with Gasteiger partial charge in [0, 0.05) is 71.6 Å². The number of fused-ring (bicyclic) bond motifs is 16. The van der Waals surface area contributed by atoms with Crippen molar-refractivity contribution in [3.8, 4) is 40.1 Å². The molecule has 0 saturated carbocycles. The molecular formula is C68H36N4O4. The standard InChI is InChI=1S/C68H36N4O4/c69-37-43-31-47(72-57-27-19-41(42-21-30-64-55(34-42)51-12-4-7-15-61(51)74-64)35-56(57)66-58(72)28-26-53-49-10-2-8-16-62(49)76-68(53)66)32-44(38-70)67(43)71(46-24-25-52-48-9-1-5-13-59(48)75-65(52)36-46)45-22-17-39(18-23-45)40-20-29-63-54(33-40)50-11-3-6-14-60(50)73-63/h1-36H. The van der Waals surface area contributed by atoms with Gasteiger partial charge in [-0.2, -0.15) is 10.5 Å². The first-order valence-electron chi connectivity index (χ1n) is 25.1. The fourth-order valence-electron chi connectivity index (χ4n) is 11.8. The summed E-state index contributed by atoms with van der Waals surface area (Å²) in [6.07, 6.45) is 0. The average molecular weight is 973 g/mol. The van der Waals surface area contributed by atoms with Crippen molar-refractivity contribution in [2.75, 3.05) is 4.90 Å². The van der Waals surface area contributed by atoms with Gasteiger partial charge in [0.15, 0.2) is 0 Å². The molecule has 352 valence electrons. The van der Waals surface area contributed by atoms with E-state index in [1.165, 1.54) is 0 Å². The second-order valence-electron chi connectivity index (χ2n) is 19.4. The number of anilines is 3. The lowest BCUT2D eigenvalue weighted by atomic mass is 10.00. The van der Waals surface area contributed by atoms with Crippen LogP contribution in [-0.2, 0) is 0 Å². The maximum Gasteiger partial charge on any atom is 0.145 e. The fourth-order valence-corrected chi connectivity index (χ4v) is 11.8. The molecule has 0 aliphatic heterocycles. The number of furan rings is 4. The summed E-state index contributed by atoms with van der Waals surface area (Å²) in [6, 6.07) is 78.8. The number of aromatic nitrogens is 1. The van der Waals surface area contributed by atoms with E-state index in [-0.39, 0.29) is 0 Å². The molecule has 0 saturated heterocycles. The van der Waals surface area contributed by atoms with Crippen LogP contribution in [-0.4, -0.2) is 4.57 Å². The van der Waals surface area contributed by atoms with Gasteiger partial charge in [-0.25, -0.2) is 0 Å². The minimum atomic E-state index is 0.317. The first-order chi connectivity index (χ1) is 37.5. The first kappa shape index (κ1) is 41.8. The number of para-hydroxylation sites is 4. The summed E-state index contributed by atoms with van der Waals surface area (Å²) in [5.74, 6) is 0. The highest BCUT2D eigenvalue weighted by Crippen LogP contribution is 2.46. The van der Waals surface area contributed by atoms with Crippen molar-refractivity contribution in [2.24, 2.45) is 0 Å². The highest BCUT2D eigenvalue weighted by molar-refractivity contribution is 6.24. The summed E-state index contributed by atoms with van der Waals surface area (Å²) in [5.41, 5.74) is 15.5. The normalized spacial score (nSPS) is 11.9. The van der Waals surface area contributed by atoms with Gasteiger partial charge >= 0.3 is 0 Å². The molecule has 76 heavy (non-hydrogen) atoms. The van der Waals surface area contributed by atoms with Gasteiger partial charge in [-0.05, 0) is 131 Å². The molecule has 8 nitrogen and oxygen atoms in total. The molecule has 0 fully saturated rings. The highest BCUT2D eigenvalue weighted by Gasteiger charge is 2.26. The average Bonchev–Trinajstić information content (AvgIpc) is 4.39. The number of hydrogen-bond donors (Lipinski definition) is 0. The molecule has 16 rings (SSSR count). The second-order valence-corrected chi connectivity index (χ2v) is 19.4. The number of nitrogens with zero attached hydrogens (tertiary/aromatic N) is 4. The highest BCUT2D eigenvalue weighted by atomic mass is 16.3. The molecule has 0 radical (unpaired) electrons. The maximum atomic E-state index is 11.4. The van der Waals surface area contributed by atoms with Crippen LogP contribution in [0.3, 0.4) is 0 Å². The van der Waals surface area contributed by atoms with Crippen LogP contribution in [0, 0.1) is 22.7 Å². The Morgan fingerprint density at radius 2 is 0.763 bits per heavy atom. The van der Waals surface area contributed by atoms with Crippen LogP contribution in [0.2, 0.25) is 0 Å². The number of hydrogen-bond acceptors (Lipinski definition) is 7. The van der Waals surface area contributed by atoms with Gasteiger partial charge < -0.3 is 27.1 Å². The van der Waals surface area contributed by atoms with E-state index in [0.29, 0.717) is 28.1 Å². The molecular weight excluding hydrogens is 937 g/mol. The summed E-state index contributed by atoms with van der Waals surface area (Å²) in [6.45, 7) is 0. The lowest BCUT2D eigenvalue weighted by molar-refractivity contribution is 0.668. The maximum absolute atomic E-state index is 11.4. The molecule has 0 aliphatic carbocycles. The number of nitriles is 2. The van der Waals surface area contributed by atoms with Gasteiger partial charge in [-0.1, -0.05) is 103 Å².